The maximum absolute atomic E-state index is 2.57. The molecule has 218 valence electrons. The van der Waals surface area contributed by atoms with Crippen LogP contribution >= 0.6 is 94.1 Å². The predicted molar refractivity (Wildman–Crippen MR) is 198 cm³/mol. The fourth-order valence-corrected chi connectivity index (χ4v) is 20.3. The second kappa shape index (κ2) is 9.98. The van der Waals surface area contributed by atoms with Crippen LogP contribution in [0.2, 0.25) is 0 Å². The first kappa shape index (κ1) is 28.0. The largest absolute Gasteiger partial charge is 0.0804 e. The molecule has 0 spiro atoms. The summed E-state index contributed by atoms with van der Waals surface area (Å²) in [6, 6.07) is 10.2. The summed E-state index contributed by atoms with van der Waals surface area (Å²) in [6.45, 7) is 9.74. The van der Waals surface area contributed by atoms with E-state index in [-0.39, 0.29) is 0 Å². The van der Waals surface area contributed by atoms with E-state index in [2.05, 4.69) is 76.3 Å². The van der Waals surface area contributed by atoms with Gasteiger partial charge in [-0.25, -0.2) is 0 Å². The van der Waals surface area contributed by atoms with Gasteiger partial charge in [-0.2, -0.15) is 0 Å². The lowest BCUT2D eigenvalue weighted by molar-refractivity contribution is 0.250. The van der Waals surface area contributed by atoms with Crippen LogP contribution in [0.25, 0.3) is 0 Å². The van der Waals surface area contributed by atoms with Crippen molar-refractivity contribution in [3.05, 3.63) is 96.2 Å². The molecule has 6 aliphatic carbocycles. The molecule has 5 atom stereocenters. The lowest BCUT2D eigenvalue weighted by Gasteiger charge is -2.46. The van der Waals surface area contributed by atoms with Gasteiger partial charge in [-0.15, -0.1) is 0 Å². The van der Waals surface area contributed by atoms with E-state index in [0.717, 1.165) is 11.8 Å². The molecule has 43 heavy (non-hydrogen) atoms. The Bertz CT molecular complexity index is 1820. The van der Waals surface area contributed by atoms with Crippen molar-refractivity contribution in [2.24, 2.45) is 17.3 Å². The topological polar surface area (TPSA) is 0 Å². The molecule has 2 aromatic carbocycles. The molecule has 4 bridgehead atoms. The number of allylic oxidation sites excluding steroid dienone is 4. The molecule has 0 N–H and O–H groups in total. The van der Waals surface area contributed by atoms with Crippen molar-refractivity contribution in [1.82, 2.24) is 0 Å². The van der Waals surface area contributed by atoms with E-state index < -0.39 is 0 Å². The molecule has 4 aliphatic heterocycles. The van der Waals surface area contributed by atoms with Crippen LogP contribution in [0.5, 0.6) is 0 Å². The second-order valence-electron chi connectivity index (χ2n) is 13.7. The van der Waals surface area contributed by atoms with Gasteiger partial charge in [-0.05, 0) is 76.6 Å². The van der Waals surface area contributed by atoms with Gasteiger partial charge in [0.25, 0.3) is 0 Å². The molecule has 0 radical (unpaired) electrons. The Morgan fingerprint density at radius 2 is 1.02 bits per heavy atom. The summed E-state index contributed by atoms with van der Waals surface area (Å²) in [6.07, 6.45) is 12.6. The van der Waals surface area contributed by atoms with Gasteiger partial charge in [0, 0.05) is 43.3 Å². The smallest absolute Gasteiger partial charge is 0.0718 e. The highest BCUT2D eigenvalue weighted by atomic mass is 32.3. The Balaban J connectivity index is 0.892. The molecule has 2 aromatic rings. The fourth-order valence-electron chi connectivity index (χ4n) is 8.24. The molecule has 0 aromatic heterocycles. The average molecular weight is 707 g/mol. The van der Waals surface area contributed by atoms with Crippen molar-refractivity contribution in [3.8, 4) is 0 Å². The highest BCUT2D eigenvalue weighted by Crippen LogP contribution is 2.72. The van der Waals surface area contributed by atoms with Crippen LogP contribution in [0.1, 0.15) is 86.5 Å². The SMILES string of the molecule is CC(C)C1CC2C=CC1c1cc3c(cc12)SC1=C(SC(=C2SC4=C(S2)Sc2cc5c(cc2S4)C2C=CC5C(C)(C)C2)S1)S3. The molecule has 5 unspecified atom stereocenters. The van der Waals surface area contributed by atoms with Gasteiger partial charge in [-0.3, -0.25) is 0 Å². The normalized spacial score (nSPS) is 33.6. The molecule has 4 heterocycles. The first-order valence-corrected chi connectivity index (χ1v) is 21.7. The van der Waals surface area contributed by atoms with Crippen LogP contribution in [-0.2, 0) is 0 Å². The molecule has 0 amide bonds. The number of rotatable bonds is 1. The number of fused-ring (bicyclic) bond motifs is 4. The quantitative estimate of drug-likeness (QED) is 0.265. The molecule has 10 aliphatic rings. The number of benzene rings is 2. The van der Waals surface area contributed by atoms with Gasteiger partial charge < -0.3 is 0 Å². The zero-order valence-corrected chi connectivity index (χ0v) is 30.8. The molecule has 12 rings (SSSR count). The van der Waals surface area contributed by atoms with E-state index in [1.807, 2.05) is 94.1 Å². The van der Waals surface area contributed by atoms with E-state index in [9.17, 15) is 0 Å². The Hall–Kier alpha value is -0.0600. The number of hydrogen-bond acceptors (Lipinski definition) is 8. The summed E-state index contributed by atoms with van der Waals surface area (Å²) in [4.78, 5) is 5.90. The minimum absolute atomic E-state index is 0.359. The Morgan fingerprint density at radius 1 is 0.558 bits per heavy atom. The monoisotopic (exact) mass is 706 g/mol. The van der Waals surface area contributed by atoms with Crippen molar-refractivity contribution >= 4 is 94.1 Å². The fraction of sp³-hybridized carbons (Fsp3) is 0.371. The summed E-state index contributed by atoms with van der Waals surface area (Å²) in [5, 5.41) is 0. The zero-order chi connectivity index (χ0) is 28.8. The van der Waals surface area contributed by atoms with E-state index in [1.165, 1.54) is 57.8 Å². The Kier molecular flexibility index (Phi) is 6.50. The van der Waals surface area contributed by atoms with Gasteiger partial charge >= 0.3 is 0 Å². The minimum Gasteiger partial charge on any atom is -0.0804 e. The van der Waals surface area contributed by atoms with Crippen LogP contribution in [-0.4, -0.2) is 0 Å². The van der Waals surface area contributed by atoms with Gasteiger partial charge in [0.05, 0.1) is 25.4 Å². The van der Waals surface area contributed by atoms with Gasteiger partial charge in [0.1, 0.15) is 0 Å². The maximum atomic E-state index is 2.57. The van der Waals surface area contributed by atoms with Crippen LogP contribution in [0.4, 0.5) is 0 Å². The van der Waals surface area contributed by atoms with Gasteiger partial charge in [0.15, 0.2) is 0 Å². The Morgan fingerprint density at radius 3 is 1.56 bits per heavy atom. The van der Waals surface area contributed by atoms with Crippen LogP contribution in [0.15, 0.2) is 93.6 Å². The van der Waals surface area contributed by atoms with E-state index >= 15 is 0 Å². The highest BCUT2D eigenvalue weighted by molar-refractivity contribution is 8.45. The van der Waals surface area contributed by atoms with Crippen LogP contribution < -0.4 is 0 Å². The lowest BCUT2D eigenvalue weighted by atomic mass is 9.59. The number of thioether (sulfide) groups is 8. The standard InChI is InChI=1S/C35H30S8/c1-15(2)19-9-16-5-7-18(19)22-12-27-25(10-20(16)22)36-29-31(38-27)42-33(40-29)34-41-30-32(43-34)39-28-13-23-21(11-26(28)37-30)17-6-8-24(23)35(3,4)14-17/h5-8,10-13,15-19,24H,9,14H2,1-4H3. The molecule has 0 saturated carbocycles. The van der Waals surface area contributed by atoms with E-state index in [1.54, 1.807) is 22.3 Å². The van der Waals surface area contributed by atoms with Gasteiger partial charge in [-0.1, -0.05) is 146 Å². The van der Waals surface area contributed by atoms with Gasteiger partial charge in [0.2, 0.25) is 0 Å². The maximum Gasteiger partial charge on any atom is 0.0718 e. The zero-order valence-electron chi connectivity index (χ0n) is 24.3. The summed E-state index contributed by atoms with van der Waals surface area (Å²) in [5.74, 6) is 3.86. The molecular formula is C35H30S8. The third-order valence-corrected chi connectivity index (χ3v) is 22.1. The summed E-state index contributed by atoms with van der Waals surface area (Å²) in [7, 11) is 0. The summed E-state index contributed by atoms with van der Waals surface area (Å²) in [5.41, 5.74) is 6.76. The molecule has 0 nitrogen and oxygen atoms in total. The average Bonchev–Trinajstić information content (AvgIpc) is 3.60. The third kappa shape index (κ3) is 4.29. The van der Waals surface area contributed by atoms with E-state index in [0.29, 0.717) is 29.1 Å². The van der Waals surface area contributed by atoms with Crippen LogP contribution in [0.3, 0.4) is 0 Å². The molecule has 0 saturated heterocycles. The summed E-state index contributed by atoms with van der Waals surface area (Å²) >= 11 is 16.2. The second-order valence-corrected chi connectivity index (χ2v) is 23.6. The summed E-state index contributed by atoms with van der Waals surface area (Å²) < 4.78 is 8.95. The third-order valence-electron chi connectivity index (χ3n) is 10.4. The highest BCUT2D eigenvalue weighted by Gasteiger charge is 2.44. The van der Waals surface area contributed by atoms with Crippen molar-refractivity contribution in [2.75, 3.05) is 0 Å². The van der Waals surface area contributed by atoms with Crippen molar-refractivity contribution < 1.29 is 0 Å². The first-order chi connectivity index (χ1) is 20.8. The lowest BCUT2D eigenvalue weighted by Crippen LogP contribution is -2.32. The molecule has 8 heteroatoms. The van der Waals surface area contributed by atoms with E-state index in [4.69, 9.17) is 0 Å². The van der Waals surface area contributed by atoms with Crippen molar-refractivity contribution in [1.29, 1.82) is 0 Å². The van der Waals surface area contributed by atoms with Crippen molar-refractivity contribution in [2.45, 2.75) is 83.8 Å². The minimum atomic E-state index is 0.359. The Labute approximate surface area is 288 Å². The number of hydrogen-bond donors (Lipinski definition) is 0. The van der Waals surface area contributed by atoms with Crippen LogP contribution in [0, 0.1) is 17.3 Å². The predicted octanol–water partition coefficient (Wildman–Crippen LogP) is 13.7. The first-order valence-electron chi connectivity index (χ1n) is 15.2. The van der Waals surface area contributed by atoms with Crippen molar-refractivity contribution in [3.63, 3.8) is 0 Å². The molecule has 0 fully saturated rings. The molecular weight excluding hydrogens is 677 g/mol.